The fourth-order valence-corrected chi connectivity index (χ4v) is 1.75. The number of aryl methyl sites for hydroxylation is 1. The number of carbonyl (C=O) groups excluding carboxylic acids is 1. The molecule has 2 rings (SSSR count). The van der Waals surface area contributed by atoms with Crippen LogP contribution in [0.5, 0.6) is 0 Å². The third kappa shape index (κ3) is 2.77. The standard InChI is InChI=1S/C14H9ClF3NO/c1-7-2-3-8(6-10(7)15)19-14(20)9-4-5-11(16)13(18)12(9)17/h2-6H,1H3,(H,19,20). The fourth-order valence-electron chi connectivity index (χ4n) is 1.57. The highest BCUT2D eigenvalue weighted by atomic mass is 35.5. The van der Waals surface area contributed by atoms with Crippen LogP contribution in [0.25, 0.3) is 0 Å². The molecule has 0 saturated carbocycles. The third-order valence-electron chi connectivity index (χ3n) is 2.71. The largest absolute Gasteiger partial charge is 0.322 e. The number of benzene rings is 2. The van der Waals surface area contributed by atoms with Gasteiger partial charge < -0.3 is 5.32 Å². The third-order valence-corrected chi connectivity index (χ3v) is 3.12. The molecule has 0 aliphatic heterocycles. The zero-order valence-corrected chi connectivity index (χ0v) is 11.1. The van der Waals surface area contributed by atoms with Crippen molar-refractivity contribution < 1.29 is 18.0 Å². The van der Waals surface area contributed by atoms with Gasteiger partial charge in [0.1, 0.15) is 0 Å². The summed E-state index contributed by atoms with van der Waals surface area (Å²) in [6, 6.07) is 6.28. The highest BCUT2D eigenvalue weighted by Crippen LogP contribution is 2.21. The molecular formula is C14H9ClF3NO. The van der Waals surface area contributed by atoms with E-state index in [4.69, 9.17) is 11.6 Å². The van der Waals surface area contributed by atoms with Crippen LogP contribution in [-0.2, 0) is 0 Å². The molecule has 0 aliphatic carbocycles. The van der Waals surface area contributed by atoms with Gasteiger partial charge in [0.2, 0.25) is 0 Å². The van der Waals surface area contributed by atoms with Crippen molar-refractivity contribution in [3.05, 3.63) is 63.9 Å². The predicted molar refractivity (Wildman–Crippen MR) is 70.5 cm³/mol. The number of nitrogens with one attached hydrogen (secondary N) is 1. The van der Waals surface area contributed by atoms with Crippen LogP contribution in [0.4, 0.5) is 18.9 Å². The maximum absolute atomic E-state index is 13.5. The van der Waals surface area contributed by atoms with Gasteiger partial charge in [0.05, 0.1) is 5.56 Å². The van der Waals surface area contributed by atoms with Crippen molar-refractivity contribution >= 4 is 23.2 Å². The Balaban J connectivity index is 2.28. The smallest absolute Gasteiger partial charge is 0.258 e. The molecule has 2 aromatic rings. The van der Waals surface area contributed by atoms with Gasteiger partial charge in [0, 0.05) is 10.7 Å². The minimum atomic E-state index is -1.68. The van der Waals surface area contributed by atoms with Gasteiger partial charge in [-0.05, 0) is 36.8 Å². The van der Waals surface area contributed by atoms with E-state index in [1.54, 1.807) is 19.1 Å². The number of rotatable bonds is 2. The molecule has 0 bridgehead atoms. The first-order valence-corrected chi connectivity index (χ1v) is 5.99. The molecule has 2 aromatic carbocycles. The molecule has 104 valence electrons. The number of halogens is 4. The molecule has 2 nitrogen and oxygen atoms in total. The van der Waals surface area contributed by atoms with E-state index in [1.165, 1.54) is 6.07 Å². The van der Waals surface area contributed by atoms with Crippen molar-refractivity contribution in [3.63, 3.8) is 0 Å². The van der Waals surface area contributed by atoms with E-state index in [2.05, 4.69) is 5.32 Å². The summed E-state index contributed by atoms with van der Waals surface area (Å²) in [5.74, 6) is -5.45. The number of amides is 1. The van der Waals surface area contributed by atoms with E-state index < -0.39 is 28.9 Å². The number of hydrogen-bond donors (Lipinski definition) is 1. The van der Waals surface area contributed by atoms with Crippen molar-refractivity contribution in [2.75, 3.05) is 5.32 Å². The Morgan fingerprint density at radius 1 is 1.10 bits per heavy atom. The lowest BCUT2D eigenvalue weighted by atomic mass is 10.1. The molecule has 0 radical (unpaired) electrons. The average Bonchev–Trinajstić information content (AvgIpc) is 2.40. The molecule has 0 atom stereocenters. The first kappa shape index (κ1) is 14.4. The van der Waals surface area contributed by atoms with E-state index in [0.29, 0.717) is 16.8 Å². The molecule has 0 aliphatic rings. The summed E-state index contributed by atoms with van der Waals surface area (Å²) < 4.78 is 39.3. The van der Waals surface area contributed by atoms with Crippen LogP contribution in [0.1, 0.15) is 15.9 Å². The monoisotopic (exact) mass is 299 g/mol. The average molecular weight is 300 g/mol. The van der Waals surface area contributed by atoms with Gasteiger partial charge in [-0.3, -0.25) is 4.79 Å². The Hall–Kier alpha value is -2.01. The topological polar surface area (TPSA) is 29.1 Å². The van der Waals surface area contributed by atoms with Crippen LogP contribution < -0.4 is 5.32 Å². The van der Waals surface area contributed by atoms with Crippen LogP contribution in [0.2, 0.25) is 5.02 Å². The lowest BCUT2D eigenvalue weighted by molar-refractivity contribution is 0.102. The van der Waals surface area contributed by atoms with Crippen LogP contribution in [-0.4, -0.2) is 5.91 Å². The summed E-state index contributed by atoms with van der Waals surface area (Å²) in [5, 5.41) is 2.79. The predicted octanol–water partition coefficient (Wildman–Crippen LogP) is 4.32. The molecule has 1 N–H and O–H groups in total. The number of anilines is 1. The molecule has 0 aromatic heterocycles. The second-order valence-electron chi connectivity index (χ2n) is 4.14. The van der Waals surface area contributed by atoms with E-state index in [0.717, 1.165) is 11.6 Å². The molecular weight excluding hydrogens is 291 g/mol. The molecule has 0 fully saturated rings. The quantitative estimate of drug-likeness (QED) is 0.822. The van der Waals surface area contributed by atoms with Crippen LogP contribution in [0.3, 0.4) is 0 Å². The molecule has 20 heavy (non-hydrogen) atoms. The SMILES string of the molecule is Cc1ccc(NC(=O)c2ccc(F)c(F)c2F)cc1Cl. The maximum atomic E-state index is 13.5. The summed E-state index contributed by atoms with van der Waals surface area (Å²) >= 11 is 5.89. The first-order chi connectivity index (χ1) is 9.40. The Kier molecular flexibility index (Phi) is 3.99. The van der Waals surface area contributed by atoms with Gasteiger partial charge in [-0.25, -0.2) is 13.2 Å². The van der Waals surface area contributed by atoms with Gasteiger partial charge in [-0.2, -0.15) is 0 Å². The van der Waals surface area contributed by atoms with Gasteiger partial charge >= 0.3 is 0 Å². The summed E-state index contributed by atoms with van der Waals surface area (Å²) in [4.78, 5) is 11.8. The number of carbonyl (C=O) groups is 1. The molecule has 0 heterocycles. The second-order valence-corrected chi connectivity index (χ2v) is 4.55. The minimum Gasteiger partial charge on any atom is -0.322 e. The van der Waals surface area contributed by atoms with Crippen molar-refractivity contribution in [2.45, 2.75) is 6.92 Å². The lowest BCUT2D eigenvalue weighted by Gasteiger charge is -2.08. The zero-order chi connectivity index (χ0) is 14.9. The van der Waals surface area contributed by atoms with Gasteiger partial charge in [0.25, 0.3) is 5.91 Å². The molecule has 6 heteroatoms. The van der Waals surface area contributed by atoms with Crippen LogP contribution in [0, 0.1) is 24.4 Å². The molecule has 0 unspecified atom stereocenters. The molecule has 0 spiro atoms. The van der Waals surface area contributed by atoms with Crippen molar-refractivity contribution in [2.24, 2.45) is 0 Å². The Morgan fingerprint density at radius 3 is 2.45 bits per heavy atom. The van der Waals surface area contributed by atoms with Gasteiger partial charge in [0.15, 0.2) is 17.5 Å². The molecule has 1 amide bonds. The molecule has 0 saturated heterocycles. The van der Waals surface area contributed by atoms with Crippen molar-refractivity contribution in [1.82, 2.24) is 0 Å². The summed E-state index contributed by atoms with van der Waals surface area (Å²) in [7, 11) is 0. The normalized spacial score (nSPS) is 10.4. The van der Waals surface area contributed by atoms with E-state index in [9.17, 15) is 18.0 Å². The van der Waals surface area contributed by atoms with Crippen LogP contribution in [0.15, 0.2) is 30.3 Å². The zero-order valence-electron chi connectivity index (χ0n) is 10.3. The second kappa shape index (κ2) is 5.54. The van der Waals surface area contributed by atoms with Crippen molar-refractivity contribution in [1.29, 1.82) is 0 Å². The van der Waals surface area contributed by atoms with Crippen LogP contribution >= 0.6 is 11.6 Å². The summed E-state index contributed by atoms with van der Waals surface area (Å²) in [5.41, 5.74) is 0.555. The Bertz CT molecular complexity index is 688. The fraction of sp³-hybridized carbons (Fsp3) is 0.0714. The van der Waals surface area contributed by atoms with E-state index in [1.807, 2.05) is 0 Å². The highest BCUT2D eigenvalue weighted by molar-refractivity contribution is 6.31. The Morgan fingerprint density at radius 2 is 1.80 bits per heavy atom. The maximum Gasteiger partial charge on any atom is 0.258 e. The minimum absolute atomic E-state index is 0.328. The highest BCUT2D eigenvalue weighted by Gasteiger charge is 2.18. The summed E-state index contributed by atoms with van der Waals surface area (Å²) in [6.45, 7) is 1.78. The first-order valence-electron chi connectivity index (χ1n) is 5.61. The van der Waals surface area contributed by atoms with Gasteiger partial charge in [-0.1, -0.05) is 17.7 Å². The van der Waals surface area contributed by atoms with E-state index >= 15 is 0 Å². The number of hydrogen-bond acceptors (Lipinski definition) is 1. The summed E-state index contributed by atoms with van der Waals surface area (Å²) in [6.07, 6.45) is 0. The van der Waals surface area contributed by atoms with Crippen molar-refractivity contribution in [3.8, 4) is 0 Å². The van der Waals surface area contributed by atoms with Gasteiger partial charge in [-0.15, -0.1) is 0 Å². The Labute approximate surface area is 118 Å². The lowest BCUT2D eigenvalue weighted by Crippen LogP contribution is -2.15. The van der Waals surface area contributed by atoms with E-state index in [-0.39, 0.29) is 0 Å².